The van der Waals surface area contributed by atoms with E-state index in [9.17, 15) is 4.79 Å². The molecule has 21 heavy (non-hydrogen) atoms. The van der Waals surface area contributed by atoms with Gasteiger partial charge in [-0.1, -0.05) is 23.7 Å². The highest BCUT2D eigenvalue weighted by Crippen LogP contribution is 2.31. The molecule has 4 nitrogen and oxygen atoms in total. The number of hydrogen-bond donors (Lipinski definition) is 1. The molecule has 0 amide bonds. The topological polar surface area (TPSA) is 53.4 Å². The van der Waals surface area contributed by atoms with Gasteiger partial charge in [-0.2, -0.15) is 0 Å². The van der Waals surface area contributed by atoms with Crippen LogP contribution in [0.1, 0.15) is 16.8 Å². The van der Waals surface area contributed by atoms with E-state index in [2.05, 4.69) is 11.9 Å². The highest BCUT2D eigenvalue weighted by molar-refractivity contribution is 6.35. The molecule has 1 aliphatic rings. The minimum absolute atomic E-state index is 0.596. The molecule has 0 bridgehead atoms. The first-order valence-corrected chi connectivity index (χ1v) is 7.13. The van der Waals surface area contributed by atoms with Crippen molar-refractivity contribution in [1.82, 2.24) is 9.88 Å². The van der Waals surface area contributed by atoms with Gasteiger partial charge in [0.2, 0.25) is 0 Å². The first-order valence-electron chi connectivity index (χ1n) is 6.76. The molecule has 1 aromatic heterocycles. The molecule has 2 aromatic rings. The maximum atomic E-state index is 10.9. The number of aromatic nitrogens is 1. The predicted octanol–water partition coefficient (Wildman–Crippen LogP) is 2.97. The van der Waals surface area contributed by atoms with Crippen LogP contribution in [0.2, 0.25) is 5.02 Å². The van der Waals surface area contributed by atoms with Crippen LogP contribution >= 0.6 is 11.6 Å². The molecular weight excluding hydrogens is 288 g/mol. The second-order valence-corrected chi connectivity index (χ2v) is 5.65. The number of rotatable bonds is 2. The molecule has 0 radical (unpaired) electrons. The molecule has 1 aliphatic heterocycles. The van der Waals surface area contributed by atoms with Gasteiger partial charge in [0.25, 0.3) is 0 Å². The summed E-state index contributed by atoms with van der Waals surface area (Å²) in [5, 5.41) is 10.4. The highest BCUT2D eigenvalue weighted by atomic mass is 35.5. The number of carboxylic acid groups (broad SMARTS) is 1. The van der Waals surface area contributed by atoms with E-state index >= 15 is 0 Å². The van der Waals surface area contributed by atoms with Crippen LogP contribution in [0.4, 0.5) is 0 Å². The van der Waals surface area contributed by atoms with Crippen molar-refractivity contribution in [2.24, 2.45) is 0 Å². The quantitative estimate of drug-likeness (QED) is 0.867. The second kappa shape index (κ2) is 5.47. The van der Waals surface area contributed by atoms with Crippen LogP contribution in [0.3, 0.4) is 0 Å². The summed E-state index contributed by atoms with van der Waals surface area (Å²) in [5.74, 6) is -0.958. The Hall–Kier alpha value is -1.91. The molecule has 1 N–H and O–H groups in total. The zero-order valence-electron chi connectivity index (χ0n) is 11.6. The zero-order valence-corrected chi connectivity index (χ0v) is 12.4. The Morgan fingerprint density at radius 2 is 2.29 bits per heavy atom. The Morgan fingerprint density at radius 1 is 1.48 bits per heavy atom. The summed E-state index contributed by atoms with van der Waals surface area (Å²) < 4.78 is 0. The number of nitrogens with zero attached hydrogens (tertiary/aromatic N) is 2. The van der Waals surface area contributed by atoms with Gasteiger partial charge in [0.05, 0.1) is 10.5 Å². The maximum absolute atomic E-state index is 10.9. The molecule has 0 spiro atoms. The van der Waals surface area contributed by atoms with Crippen LogP contribution in [0.5, 0.6) is 0 Å². The van der Waals surface area contributed by atoms with Gasteiger partial charge in [-0.05, 0) is 30.3 Å². The van der Waals surface area contributed by atoms with Crippen molar-refractivity contribution in [2.45, 2.75) is 13.0 Å². The molecule has 108 valence electrons. The summed E-state index contributed by atoms with van der Waals surface area (Å²) in [6.45, 7) is 1.71. The van der Waals surface area contributed by atoms with Crippen LogP contribution in [-0.2, 0) is 17.8 Å². The van der Waals surface area contributed by atoms with Crippen molar-refractivity contribution >= 4 is 34.5 Å². The van der Waals surface area contributed by atoms with Crippen LogP contribution < -0.4 is 0 Å². The summed E-state index contributed by atoms with van der Waals surface area (Å²) in [6, 6.07) is 5.61. The van der Waals surface area contributed by atoms with E-state index in [-0.39, 0.29) is 0 Å². The van der Waals surface area contributed by atoms with Gasteiger partial charge in [-0.15, -0.1) is 0 Å². The Morgan fingerprint density at radius 3 is 3.05 bits per heavy atom. The fraction of sp³-hybridized carbons (Fsp3) is 0.250. The van der Waals surface area contributed by atoms with Crippen molar-refractivity contribution in [3.05, 3.63) is 46.1 Å². The molecule has 0 aliphatic carbocycles. The van der Waals surface area contributed by atoms with E-state index in [1.165, 1.54) is 6.08 Å². The van der Waals surface area contributed by atoms with E-state index in [0.717, 1.165) is 47.2 Å². The van der Waals surface area contributed by atoms with Gasteiger partial charge in [-0.25, -0.2) is 4.79 Å². The third kappa shape index (κ3) is 2.64. The Balaban J connectivity index is 2.31. The number of benzene rings is 1. The van der Waals surface area contributed by atoms with E-state index in [1.807, 2.05) is 18.2 Å². The van der Waals surface area contributed by atoms with Crippen LogP contribution in [0.25, 0.3) is 17.0 Å². The van der Waals surface area contributed by atoms with Gasteiger partial charge < -0.3 is 10.0 Å². The van der Waals surface area contributed by atoms with Crippen LogP contribution in [0.15, 0.2) is 24.3 Å². The van der Waals surface area contributed by atoms with Crippen molar-refractivity contribution in [3.63, 3.8) is 0 Å². The Kier molecular flexibility index (Phi) is 3.66. The first-order chi connectivity index (χ1) is 10.1. The lowest BCUT2D eigenvalue weighted by atomic mass is 9.95. The molecule has 0 saturated carbocycles. The number of carbonyl (C=O) groups is 1. The van der Waals surface area contributed by atoms with Crippen molar-refractivity contribution in [2.75, 3.05) is 13.6 Å². The van der Waals surface area contributed by atoms with Crippen molar-refractivity contribution in [3.8, 4) is 0 Å². The summed E-state index contributed by atoms with van der Waals surface area (Å²) >= 11 is 6.25. The Labute approximate surface area is 127 Å². The van der Waals surface area contributed by atoms with Crippen LogP contribution in [0, 0.1) is 0 Å². The molecule has 0 fully saturated rings. The third-order valence-electron chi connectivity index (χ3n) is 3.75. The van der Waals surface area contributed by atoms with Gasteiger partial charge in [0.15, 0.2) is 0 Å². The molecule has 0 unspecified atom stereocenters. The number of pyridine rings is 1. The second-order valence-electron chi connectivity index (χ2n) is 5.25. The molecule has 0 atom stereocenters. The lowest BCUT2D eigenvalue weighted by Gasteiger charge is -2.26. The summed E-state index contributed by atoms with van der Waals surface area (Å²) in [7, 11) is 2.05. The number of para-hydroxylation sites is 1. The molecular formula is C16H15ClN2O2. The number of likely N-dealkylation sites (N-methyl/N-ethyl adjacent to an activating group) is 1. The first kappa shape index (κ1) is 14.0. The summed E-state index contributed by atoms with van der Waals surface area (Å²) in [5.41, 5.74) is 3.76. The van der Waals surface area contributed by atoms with Crippen molar-refractivity contribution in [1.29, 1.82) is 0 Å². The average Bonchev–Trinajstić information content (AvgIpc) is 2.44. The number of halogens is 1. The number of aliphatic carboxylic acids is 1. The molecule has 0 saturated heterocycles. The third-order valence-corrected chi connectivity index (χ3v) is 4.05. The normalized spacial score (nSPS) is 15.5. The molecule has 1 aromatic carbocycles. The van der Waals surface area contributed by atoms with Gasteiger partial charge in [0, 0.05) is 36.7 Å². The van der Waals surface area contributed by atoms with Gasteiger partial charge in [0.1, 0.15) is 0 Å². The fourth-order valence-electron chi connectivity index (χ4n) is 2.74. The van der Waals surface area contributed by atoms with E-state index in [1.54, 1.807) is 6.08 Å². The number of fused-ring (bicyclic) bond motifs is 2. The maximum Gasteiger partial charge on any atom is 0.328 e. The minimum Gasteiger partial charge on any atom is -0.478 e. The number of carboxylic acids is 1. The minimum atomic E-state index is -0.958. The lowest BCUT2D eigenvalue weighted by Crippen LogP contribution is -2.28. The van der Waals surface area contributed by atoms with Crippen LogP contribution in [-0.4, -0.2) is 34.6 Å². The van der Waals surface area contributed by atoms with E-state index in [4.69, 9.17) is 21.7 Å². The SMILES string of the molecule is CN1CCc2nc3c(Cl)cccc3c(/C=C/C(=O)O)c2C1. The number of hydrogen-bond acceptors (Lipinski definition) is 3. The predicted molar refractivity (Wildman–Crippen MR) is 83.5 cm³/mol. The smallest absolute Gasteiger partial charge is 0.328 e. The monoisotopic (exact) mass is 302 g/mol. The van der Waals surface area contributed by atoms with Gasteiger partial charge in [-0.3, -0.25) is 4.98 Å². The van der Waals surface area contributed by atoms with E-state index in [0.29, 0.717) is 5.02 Å². The standard InChI is InChI=1S/C16H15ClN2O2/c1-19-8-7-14-12(9-19)10(5-6-15(20)21)11-3-2-4-13(17)16(11)18-14/h2-6H,7-9H2,1H3,(H,20,21)/b6-5+. The molecule has 3 rings (SSSR count). The van der Waals surface area contributed by atoms with Crippen molar-refractivity contribution < 1.29 is 9.90 Å². The fourth-order valence-corrected chi connectivity index (χ4v) is 2.96. The zero-order chi connectivity index (χ0) is 15.0. The molecule has 5 heteroatoms. The molecule has 2 heterocycles. The Bertz CT molecular complexity index is 756. The average molecular weight is 303 g/mol. The summed E-state index contributed by atoms with van der Waals surface area (Å²) in [6.07, 6.45) is 3.67. The largest absolute Gasteiger partial charge is 0.478 e. The van der Waals surface area contributed by atoms with E-state index < -0.39 is 5.97 Å². The summed E-state index contributed by atoms with van der Waals surface area (Å²) in [4.78, 5) is 17.8. The van der Waals surface area contributed by atoms with Gasteiger partial charge >= 0.3 is 5.97 Å². The lowest BCUT2D eigenvalue weighted by molar-refractivity contribution is -0.131. The highest BCUT2D eigenvalue weighted by Gasteiger charge is 2.20.